The van der Waals surface area contributed by atoms with E-state index in [2.05, 4.69) is 0 Å². The van der Waals surface area contributed by atoms with Gasteiger partial charge < -0.3 is 9.47 Å². The third kappa shape index (κ3) is 3.28. The fourth-order valence-corrected chi connectivity index (χ4v) is 3.66. The highest BCUT2D eigenvalue weighted by molar-refractivity contribution is 7.90. The first kappa shape index (κ1) is 18.6. The summed E-state index contributed by atoms with van der Waals surface area (Å²) in [5.41, 5.74) is 2.17. The number of ether oxygens (including phenoxy) is 2. The summed E-state index contributed by atoms with van der Waals surface area (Å²) in [5.74, 6) is -1.79. The molecular formula is C19H17ClO5S. The summed E-state index contributed by atoms with van der Waals surface area (Å²) in [6.07, 6.45) is 1.14. The average molecular weight is 393 g/mol. The van der Waals surface area contributed by atoms with Crippen LogP contribution in [0.25, 0.3) is 11.1 Å². The SMILES string of the molecule is COC1(C)OC(=O)C(c2ccc(Cl)cc2)=C1c1ccc(S(C)(=O)=O)cc1. The number of esters is 1. The zero-order valence-corrected chi connectivity index (χ0v) is 16.0. The monoisotopic (exact) mass is 392 g/mol. The summed E-state index contributed by atoms with van der Waals surface area (Å²) in [7, 11) is -1.87. The average Bonchev–Trinajstić information content (AvgIpc) is 2.86. The van der Waals surface area contributed by atoms with E-state index in [1.165, 1.54) is 19.2 Å². The third-order valence-corrected chi connectivity index (χ3v) is 5.67. The second-order valence-electron chi connectivity index (χ2n) is 6.09. The van der Waals surface area contributed by atoms with Crippen LogP contribution in [-0.2, 0) is 24.1 Å². The van der Waals surface area contributed by atoms with Crippen molar-refractivity contribution in [2.45, 2.75) is 17.6 Å². The van der Waals surface area contributed by atoms with E-state index in [9.17, 15) is 13.2 Å². The van der Waals surface area contributed by atoms with Gasteiger partial charge in [0.05, 0.1) is 10.5 Å². The maximum absolute atomic E-state index is 12.6. The molecule has 2 aromatic rings. The molecule has 0 N–H and O–H groups in total. The second-order valence-corrected chi connectivity index (χ2v) is 8.54. The molecule has 5 nitrogen and oxygen atoms in total. The summed E-state index contributed by atoms with van der Waals surface area (Å²) in [6, 6.07) is 13.1. The van der Waals surface area contributed by atoms with Crippen LogP contribution in [0.15, 0.2) is 53.4 Å². The Labute approximate surface area is 157 Å². The Morgan fingerprint density at radius 1 is 1.00 bits per heavy atom. The van der Waals surface area contributed by atoms with Crippen molar-refractivity contribution in [3.05, 3.63) is 64.7 Å². The lowest BCUT2D eigenvalue weighted by molar-refractivity contribution is -0.178. The molecule has 0 aromatic heterocycles. The first-order valence-electron chi connectivity index (χ1n) is 7.75. The van der Waals surface area contributed by atoms with E-state index in [0.717, 1.165) is 6.26 Å². The van der Waals surface area contributed by atoms with Gasteiger partial charge in [0.1, 0.15) is 0 Å². The van der Waals surface area contributed by atoms with Crippen LogP contribution >= 0.6 is 11.6 Å². The van der Waals surface area contributed by atoms with Gasteiger partial charge in [-0.05, 0) is 35.4 Å². The molecule has 0 spiro atoms. The molecule has 1 unspecified atom stereocenters. The number of hydrogen-bond donors (Lipinski definition) is 0. The van der Waals surface area contributed by atoms with Crippen LogP contribution in [0, 0.1) is 0 Å². The highest BCUT2D eigenvalue weighted by Crippen LogP contribution is 2.44. The van der Waals surface area contributed by atoms with Crippen molar-refractivity contribution in [1.82, 2.24) is 0 Å². The van der Waals surface area contributed by atoms with Crippen molar-refractivity contribution in [2.75, 3.05) is 13.4 Å². The standard InChI is InChI=1S/C19H17ClO5S/c1-19(24-2)17(13-6-10-15(11-7-13)26(3,22)23)16(18(21)25-19)12-4-8-14(20)9-5-12/h4-11H,1-3H3. The van der Waals surface area contributed by atoms with Gasteiger partial charge in [-0.2, -0.15) is 0 Å². The Balaban J connectivity index is 2.22. The van der Waals surface area contributed by atoms with Crippen molar-refractivity contribution in [3.63, 3.8) is 0 Å². The predicted octanol–water partition coefficient (Wildman–Crippen LogP) is 3.57. The van der Waals surface area contributed by atoms with E-state index in [1.54, 1.807) is 43.3 Å². The molecule has 3 rings (SSSR count). The van der Waals surface area contributed by atoms with Gasteiger partial charge in [0, 0.05) is 30.9 Å². The summed E-state index contributed by atoms with van der Waals surface area (Å²) in [6.45, 7) is 1.65. The van der Waals surface area contributed by atoms with E-state index in [4.69, 9.17) is 21.1 Å². The molecule has 26 heavy (non-hydrogen) atoms. The Kier molecular flexibility index (Phi) is 4.69. The second kappa shape index (κ2) is 6.54. The van der Waals surface area contributed by atoms with Crippen molar-refractivity contribution in [1.29, 1.82) is 0 Å². The first-order valence-corrected chi connectivity index (χ1v) is 10.0. The maximum atomic E-state index is 12.6. The Hall–Kier alpha value is -2.15. The highest BCUT2D eigenvalue weighted by atomic mass is 35.5. The van der Waals surface area contributed by atoms with Gasteiger partial charge in [0.2, 0.25) is 5.79 Å². The predicted molar refractivity (Wildman–Crippen MR) is 99.3 cm³/mol. The van der Waals surface area contributed by atoms with Crippen LogP contribution in [0.5, 0.6) is 0 Å². The molecule has 0 saturated heterocycles. The minimum Gasteiger partial charge on any atom is -0.425 e. The van der Waals surface area contributed by atoms with Crippen LogP contribution in [0.4, 0.5) is 0 Å². The number of rotatable bonds is 4. The van der Waals surface area contributed by atoms with E-state index >= 15 is 0 Å². The van der Waals surface area contributed by atoms with Gasteiger partial charge in [-0.3, -0.25) is 0 Å². The van der Waals surface area contributed by atoms with Gasteiger partial charge in [-0.15, -0.1) is 0 Å². The van der Waals surface area contributed by atoms with Crippen LogP contribution in [0.1, 0.15) is 18.1 Å². The number of halogens is 1. The summed E-state index contributed by atoms with van der Waals surface area (Å²) >= 11 is 5.94. The molecule has 2 aromatic carbocycles. The van der Waals surface area contributed by atoms with Gasteiger partial charge >= 0.3 is 5.97 Å². The van der Waals surface area contributed by atoms with Crippen LogP contribution in [0.3, 0.4) is 0 Å². The number of cyclic esters (lactones) is 1. The molecular weight excluding hydrogens is 376 g/mol. The van der Waals surface area contributed by atoms with Crippen molar-refractivity contribution in [2.24, 2.45) is 0 Å². The molecule has 0 aliphatic carbocycles. The van der Waals surface area contributed by atoms with Crippen molar-refractivity contribution in [3.8, 4) is 0 Å². The van der Waals surface area contributed by atoms with Gasteiger partial charge in [0.25, 0.3) is 0 Å². The van der Waals surface area contributed by atoms with E-state index in [0.29, 0.717) is 27.3 Å². The van der Waals surface area contributed by atoms with Crippen molar-refractivity contribution < 1.29 is 22.7 Å². The van der Waals surface area contributed by atoms with Gasteiger partial charge in [-0.25, -0.2) is 13.2 Å². The number of carbonyl (C=O) groups is 1. The van der Waals surface area contributed by atoms with Gasteiger partial charge in [-0.1, -0.05) is 35.9 Å². The molecule has 7 heteroatoms. The molecule has 0 amide bonds. The van der Waals surface area contributed by atoms with Crippen LogP contribution in [-0.4, -0.2) is 33.5 Å². The van der Waals surface area contributed by atoms with Crippen molar-refractivity contribution >= 4 is 38.6 Å². The topological polar surface area (TPSA) is 69.7 Å². The molecule has 0 radical (unpaired) electrons. The minimum atomic E-state index is -3.32. The largest absolute Gasteiger partial charge is 0.425 e. The molecule has 1 heterocycles. The lowest BCUT2D eigenvalue weighted by Crippen LogP contribution is -2.29. The summed E-state index contributed by atoms with van der Waals surface area (Å²) < 4.78 is 34.3. The summed E-state index contributed by atoms with van der Waals surface area (Å²) in [5, 5.41) is 0.550. The third-order valence-electron chi connectivity index (χ3n) is 4.29. The Bertz CT molecular complexity index is 991. The Morgan fingerprint density at radius 3 is 2.04 bits per heavy atom. The van der Waals surface area contributed by atoms with Gasteiger partial charge in [0.15, 0.2) is 9.84 Å². The Morgan fingerprint density at radius 2 is 1.54 bits per heavy atom. The quantitative estimate of drug-likeness (QED) is 0.744. The number of carbonyl (C=O) groups excluding carboxylic acids is 1. The van der Waals surface area contributed by atoms with E-state index in [1.807, 2.05) is 0 Å². The molecule has 1 aliphatic heterocycles. The minimum absolute atomic E-state index is 0.194. The lowest BCUT2D eigenvalue weighted by atomic mass is 9.92. The number of methoxy groups -OCH3 is 1. The van der Waals surface area contributed by atoms with E-state index < -0.39 is 21.6 Å². The maximum Gasteiger partial charge on any atom is 0.342 e. The zero-order valence-electron chi connectivity index (χ0n) is 14.4. The molecule has 0 saturated carbocycles. The molecule has 1 atom stereocenters. The lowest BCUT2D eigenvalue weighted by Gasteiger charge is -2.25. The smallest absolute Gasteiger partial charge is 0.342 e. The van der Waals surface area contributed by atoms with Crippen LogP contribution < -0.4 is 0 Å². The number of sulfone groups is 1. The number of benzene rings is 2. The fraction of sp³-hybridized carbons (Fsp3) is 0.211. The fourth-order valence-electron chi connectivity index (χ4n) is 2.91. The molecule has 0 bridgehead atoms. The normalized spacial score (nSPS) is 20.4. The molecule has 136 valence electrons. The summed E-state index contributed by atoms with van der Waals surface area (Å²) in [4.78, 5) is 12.7. The zero-order chi connectivity index (χ0) is 19.1. The molecule has 1 aliphatic rings. The van der Waals surface area contributed by atoms with Crippen LogP contribution in [0.2, 0.25) is 5.02 Å². The molecule has 0 fully saturated rings. The first-order chi connectivity index (χ1) is 12.2. The highest BCUT2D eigenvalue weighted by Gasteiger charge is 2.45. The van der Waals surface area contributed by atoms with E-state index in [-0.39, 0.29) is 4.90 Å². The number of hydrogen-bond acceptors (Lipinski definition) is 5.